The molecule has 0 N–H and O–H groups in total. The highest BCUT2D eigenvalue weighted by Gasteiger charge is 2.27. The molecule has 1 saturated heterocycles. The zero-order chi connectivity index (χ0) is 14.8. The molecule has 0 bridgehead atoms. The molecule has 0 radical (unpaired) electrons. The van der Waals surface area contributed by atoms with Gasteiger partial charge in [-0.25, -0.2) is 13.4 Å². The van der Waals surface area contributed by atoms with Crippen LogP contribution in [0.3, 0.4) is 0 Å². The second kappa shape index (κ2) is 6.43. The van der Waals surface area contributed by atoms with Crippen LogP contribution in [0.5, 0.6) is 0 Å². The molecule has 7 heteroatoms. The molecule has 0 saturated carbocycles. The average Bonchev–Trinajstić information content (AvgIpc) is 2.39. The summed E-state index contributed by atoms with van der Waals surface area (Å²) in [6.07, 6.45) is 1.47. The summed E-state index contributed by atoms with van der Waals surface area (Å²) < 4.78 is 26.5. The molecule has 1 aromatic heterocycles. The third kappa shape index (κ3) is 3.72. The van der Waals surface area contributed by atoms with Gasteiger partial charge in [0.25, 0.3) is 0 Å². The monoisotopic (exact) mass is 315 g/mol. The number of pyridine rings is 1. The van der Waals surface area contributed by atoms with E-state index >= 15 is 0 Å². The minimum absolute atomic E-state index is 0.287. The first-order chi connectivity index (χ1) is 9.39. The van der Waals surface area contributed by atoms with Crippen molar-refractivity contribution in [2.75, 3.05) is 33.2 Å². The molecule has 0 aromatic carbocycles. The van der Waals surface area contributed by atoms with Gasteiger partial charge in [0.05, 0.1) is 5.03 Å². The Balaban J connectivity index is 2.13. The van der Waals surface area contributed by atoms with Crippen LogP contribution in [0.25, 0.3) is 0 Å². The predicted molar refractivity (Wildman–Crippen MR) is 81.5 cm³/mol. The number of thioether (sulfide) groups is 1. The maximum Gasteiger partial charge on any atom is 0.244 e. The van der Waals surface area contributed by atoms with Gasteiger partial charge in [0.2, 0.25) is 10.0 Å². The first-order valence-electron chi connectivity index (χ1n) is 6.71. The molecule has 2 rings (SSSR count). The minimum atomic E-state index is -3.40. The van der Waals surface area contributed by atoms with E-state index in [-0.39, 0.29) is 4.90 Å². The average molecular weight is 315 g/mol. The molecular weight excluding hydrogens is 294 g/mol. The van der Waals surface area contributed by atoms with Gasteiger partial charge in [0.15, 0.2) is 0 Å². The number of nitrogens with zero attached hydrogens (tertiary/aromatic N) is 3. The van der Waals surface area contributed by atoms with Crippen LogP contribution in [-0.4, -0.2) is 61.1 Å². The Morgan fingerprint density at radius 2 is 1.85 bits per heavy atom. The number of piperazine rings is 1. The van der Waals surface area contributed by atoms with E-state index in [0.29, 0.717) is 18.3 Å². The van der Waals surface area contributed by atoms with Crippen molar-refractivity contribution in [3.63, 3.8) is 0 Å². The largest absolute Gasteiger partial charge is 0.304 e. The van der Waals surface area contributed by atoms with Crippen LogP contribution in [0.15, 0.2) is 28.3 Å². The van der Waals surface area contributed by atoms with Crippen LogP contribution in [0.1, 0.15) is 13.8 Å². The van der Waals surface area contributed by atoms with Crippen molar-refractivity contribution in [2.45, 2.75) is 29.0 Å². The Bertz CT molecular complexity index is 535. The van der Waals surface area contributed by atoms with Crippen molar-refractivity contribution in [3.05, 3.63) is 18.3 Å². The van der Waals surface area contributed by atoms with E-state index in [0.717, 1.165) is 18.1 Å². The molecule has 0 unspecified atom stereocenters. The van der Waals surface area contributed by atoms with E-state index < -0.39 is 10.0 Å². The summed E-state index contributed by atoms with van der Waals surface area (Å²) in [6, 6.07) is 3.44. The van der Waals surface area contributed by atoms with Crippen molar-refractivity contribution in [3.8, 4) is 0 Å². The second-order valence-electron chi connectivity index (χ2n) is 5.21. The van der Waals surface area contributed by atoms with E-state index in [4.69, 9.17) is 0 Å². The maximum atomic E-state index is 12.5. The number of sulfonamides is 1. The number of hydrogen-bond donors (Lipinski definition) is 0. The van der Waals surface area contributed by atoms with E-state index in [1.54, 1.807) is 28.2 Å². The SMILES string of the molecule is CC(C)Sc1ccc(S(=O)(=O)N2CCN(C)CC2)cn1. The molecule has 1 aromatic rings. The Hall–Kier alpha value is -0.630. The van der Waals surface area contributed by atoms with Gasteiger partial charge in [-0.15, -0.1) is 11.8 Å². The Morgan fingerprint density at radius 1 is 1.20 bits per heavy atom. The summed E-state index contributed by atoms with van der Waals surface area (Å²) in [5.74, 6) is 0. The van der Waals surface area contributed by atoms with E-state index in [2.05, 4.69) is 23.7 Å². The summed E-state index contributed by atoms with van der Waals surface area (Å²) in [7, 11) is -1.39. The first-order valence-corrected chi connectivity index (χ1v) is 9.03. The van der Waals surface area contributed by atoms with Gasteiger partial charge < -0.3 is 4.90 Å². The highest BCUT2D eigenvalue weighted by atomic mass is 32.2. The fourth-order valence-corrected chi connectivity index (χ4v) is 4.12. The zero-order valence-corrected chi connectivity index (χ0v) is 13.7. The summed E-state index contributed by atoms with van der Waals surface area (Å²) in [4.78, 5) is 6.66. The molecule has 20 heavy (non-hydrogen) atoms. The third-order valence-electron chi connectivity index (χ3n) is 3.17. The van der Waals surface area contributed by atoms with E-state index in [1.807, 2.05) is 7.05 Å². The molecule has 0 aliphatic carbocycles. The smallest absolute Gasteiger partial charge is 0.244 e. The van der Waals surface area contributed by atoms with Crippen molar-refractivity contribution in [1.82, 2.24) is 14.2 Å². The lowest BCUT2D eigenvalue weighted by atomic mass is 10.4. The van der Waals surface area contributed by atoms with Crippen molar-refractivity contribution in [1.29, 1.82) is 0 Å². The lowest BCUT2D eigenvalue weighted by Gasteiger charge is -2.31. The fraction of sp³-hybridized carbons (Fsp3) is 0.615. The number of aromatic nitrogens is 1. The summed E-state index contributed by atoms with van der Waals surface area (Å²) in [5, 5.41) is 1.29. The molecule has 1 fully saturated rings. The molecule has 0 atom stereocenters. The normalized spacial score (nSPS) is 18.6. The quantitative estimate of drug-likeness (QED) is 0.789. The van der Waals surface area contributed by atoms with Gasteiger partial charge in [-0.1, -0.05) is 13.8 Å². The van der Waals surface area contributed by atoms with E-state index in [1.165, 1.54) is 6.20 Å². The highest BCUT2D eigenvalue weighted by molar-refractivity contribution is 7.99. The topological polar surface area (TPSA) is 53.5 Å². The minimum Gasteiger partial charge on any atom is -0.304 e. The molecule has 0 spiro atoms. The summed E-state index contributed by atoms with van der Waals surface area (Å²) >= 11 is 1.63. The van der Waals surface area contributed by atoms with Crippen LogP contribution in [-0.2, 0) is 10.0 Å². The number of rotatable bonds is 4. The number of likely N-dealkylation sites (N-methyl/N-ethyl adjacent to an activating group) is 1. The molecule has 0 amide bonds. The third-order valence-corrected chi connectivity index (χ3v) is 6.00. The lowest BCUT2D eigenvalue weighted by Crippen LogP contribution is -2.47. The van der Waals surface area contributed by atoms with Crippen molar-refractivity contribution in [2.24, 2.45) is 0 Å². The predicted octanol–water partition coefficient (Wildman–Crippen LogP) is 1.52. The molecule has 1 aliphatic rings. The highest BCUT2D eigenvalue weighted by Crippen LogP contribution is 2.23. The molecule has 5 nitrogen and oxygen atoms in total. The van der Waals surface area contributed by atoms with Gasteiger partial charge in [0, 0.05) is 37.6 Å². The van der Waals surface area contributed by atoms with Crippen LogP contribution >= 0.6 is 11.8 Å². The Kier molecular flexibility index (Phi) is 5.06. The standard InChI is InChI=1S/C13H21N3O2S2/c1-11(2)19-13-5-4-12(10-14-13)20(17,18)16-8-6-15(3)7-9-16/h4-5,10-11H,6-9H2,1-3H3. The van der Waals surface area contributed by atoms with Crippen molar-refractivity contribution < 1.29 is 8.42 Å². The van der Waals surface area contributed by atoms with Gasteiger partial charge in [0.1, 0.15) is 4.90 Å². The second-order valence-corrected chi connectivity index (χ2v) is 8.74. The van der Waals surface area contributed by atoms with Crippen LogP contribution in [0.4, 0.5) is 0 Å². The molecule has 1 aliphatic heterocycles. The lowest BCUT2D eigenvalue weighted by molar-refractivity contribution is 0.222. The Morgan fingerprint density at radius 3 is 2.35 bits per heavy atom. The van der Waals surface area contributed by atoms with Gasteiger partial charge in [-0.3, -0.25) is 0 Å². The van der Waals surface area contributed by atoms with Crippen LogP contribution in [0.2, 0.25) is 0 Å². The van der Waals surface area contributed by atoms with Crippen molar-refractivity contribution >= 4 is 21.8 Å². The van der Waals surface area contributed by atoms with Gasteiger partial charge >= 0.3 is 0 Å². The molecular formula is C13H21N3O2S2. The number of hydrogen-bond acceptors (Lipinski definition) is 5. The van der Waals surface area contributed by atoms with Crippen LogP contribution < -0.4 is 0 Å². The van der Waals surface area contributed by atoms with Gasteiger partial charge in [-0.2, -0.15) is 4.31 Å². The Labute approximate surface area is 125 Å². The maximum absolute atomic E-state index is 12.5. The summed E-state index contributed by atoms with van der Waals surface area (Å²) in [6.45, 7) is 6.80. The van der Waals surface area contributed by atoms with E-state index in [9.17, 15) is 8.42 Å². The fourth-order valence-electron chi connectivity index (χ4n) is 2.01. The molecule has 2 heterocycles. The van der Waals surface area contributed by atoms with Crippen LogP contribution in [0, 0.1) is 0 Å². The molecule has 112 valence electrons. The summed E-state index contributed by atoms with van der Waals surface area (Å²) in [5.41, 5.74) is 0. The van der Waals surface area contributed by atoms with Gasteiger partial charge in [-0.05, 0) is 19.2 Å². The first kappa shape index (κ1) is 15.8. The zero-order valence-electron chi connectivity index (χ0n) is 12.1.